The Morgan fingerprint density at radius 3 is 2.50 bits per heavy atom. The third-order valence-corrected chi connectivity index (χ3v) is 3.46. The molecule has 3 rings (SSSR count). The first kappa shape index (κ1) is 12.3. The predicted octanol–water partition coefficient (Wildman–Crippen LogP) is 1.02. The number of hydrogen-bond donors (Lipinski definition) is 1. The van der Waals surface area contributed by atoms with E-state index < -0.39 is 6.04 Å². The van der Waals surface area contributed by atoms with E-state index in [2.05, 4.69) is 0 Å². The highest BCUT2D eigenvalue weighted by molar-refractivity contribution is 6.34. The van der Waals surface area contributed by atoms with Gasteiger partial charge in [-0.05, 0) is 30.7 Å². The fourth-order valence-corrected chi connectivity index (χ4v) is 2.45. The van der Waals surface area contributed by atoms with Gasteiger partial charge in [0.2, 0.25) is 0 Å². The maximum Gasteiger partial charge on any atom is 0.265 e. The topological polar surface area (TPSA) is 87.2 Å². The smallest absolute Gasteiger partial charge is 0.265 e. The molecule has 1 aliphatic heterocycles. The number of benzene rings is 1. The lowest BCUT2D eigenvalue weighted by molar-refractivity contribution is -0.120. The van der Waals surface area contributed by atoms with Crippen molar-refractivity contribution in [1.82, 2.24) is 0 Å². The monoisotopic (exact) mass is 265 g/mol. The zero-order valence-electron chi connectivity index (χ0n) is 10.5. The molecule has 98 valence electrons. The molecule has 1 unspecified atom stereocenters. The van der Waals surface area contributed by atoms with E-state index in [9.17, 15) is 9.59 Å². The molecule has 0 aromatic heterocycles. The number of nitriles is 1. The maximum absolute atomic E-state index is 12.4. The van der Waals surface area contributed by atoms with E-state index in [1.165, 1.54) is 0 Å². The Morgan fingerprint density at radius 1 is 1.20 bits per heavy atom. The summed E-state index contributed by atoms with van der Waals surface area (Å²) in [6.07, 6.45) is 4.01. The Balaban J connectivity index is 2.01. The first-order chi connectivity index (χ1) is 9.63. The molecule has 1 aromatic carbocycles. The molecule has 0 bridgehead atoms. The van der Waals surface area contributed by atoms with Gasteiger partial charge in [0, 0.05) is 11.6 Å². The Hall–Kier alpha value is -2.71. The van der Waals surface area contributed by atoms with Gasteiger partial charge >= 0.3 is 0 Å². The number of hydrogen-bond acceptors (Lipinski definition) is 4. The number of rotatable bonds is 1. The number of anilines is 1. The Kier molecular flexibility index (Phi) is 2.74. The first-order valence-electron chi connectivity index (χ1n) is 6.18. The van der Waals surface area contributed by atoms with Crippen molar-refractivity contribution in [3.8, 4) is 6.07 Å². The Morgan fingerprint density at radius 2 is 1.90 bits per heavy atom. The summed E-state index contributed by atoms with van der Waals surface area (Å²) in [5, 5.41) is 8.77. The molecule has 2 N–H and O–H groups in total. The predicted molar refractivity (Wildman–Crippen MR) is 72.4 cm³/mol. The molecule has 2 amide bonds. The number of nitrogens with two attached hydrogens (primary N) is 1. The van der Waals surface area contributed by atoms with Crippen LogP contribution in [0.5, 0.6) is 0 Å². The second kappa shape index (κ2) is 4.44. The number of nitrogens with zero attached hydrogens (tertiary/aromatic N) is 2. The molecule has 0 radical (unpaired) electrons. The van der Waals surface area contributed by atoms with Crippen LogP contribution in [0.1, 0.15) is 12.0 Å². The summed E-state index contributed by atoms with van der Waals surface area (Å²) in [5.74, 6) is -0.729. The average molecular weight is 265 g/mol. The number of carbonyl (C=O) groups excluding carboxylic acids is 2. The molecule has 1 heterocycles. The van der Waals surface area contributed by atoms with Crippen LogP contribution in [0, 0.1) is 11.3 Å². The minimum absolute atomic E-state index is 0.360. The highest BCUT2D eigenvalue weighted by Crippen LogP contribution is 2.32. The van der Waals surface area contributed by atoms with Crippen LogP contribution in [-0.4, -0.2) is 17.9 Å². The van der Waals surface area contributed by atoms with Crippen LogP contribution in [0.4, 0.5) is 5.69 Å². The second-order valence-electron chi connectivity index (χ2n) is 4.68. The maximum atomic E-state index is 12.4. The fourth-order valence-electron chi connectivity index (χ4n) is 2.45. The lowest BCUT2D eigenvalue weighted by atomic mass is 9.95. The van der Waals surface area contributed by atoms with Gasteiger partial charge in [0.15, 0.2) is 0 Å². The molecule has 0 fully saturated rings. The third kappa shape index (κ3) is 1.67. The second-order valence-corrected chi connectivity index (χ2v) is 4.68. The normalized spacial score (nSPS) is 21.2. The van der Waals surface area contributed by atoms with Crippen molar-refractivity contribution in [2.24, 2.45) is 5.73 Å². The molecule has 0 saturated heterocycles. The molecule has 5 nitrogen and oxygen atoms in total. The summed E-state index contributed by atoms with van der Waals surface area (Å²) in [5.41, 5.74) is 7.58. The van der Waals surface area contributed by atoms with E-state index in [0.717, 1.165) is 4.90 Å². The van der Waals surface area contributed by atoms with Crippen LogP contribution in [0.15, 0.2) is 47.6 Å². The van der Waals surface area contributed by atoms with Crippen molar-refractivity contribution in [3.05, 3.63) is 53.1 Å². The summed E-state index contributed by atoms with van der Waals surface area (Å²) in [6, 6.07) is 7.87. The highest BCUT2D eigenvalue weighted by Gasteiger charge is 2.41. The number of imide groups is 1. The van der Waals surface area contributed by atoms with Gasteiger partial charge in [0.05, 0.1) is 22.9 Å². The molecular formula is C15H11N3O2. The standard InChI is InChI=1S/C15H11N3O2/c16-8-9-4-6-10(7-5-9)18-14(19)11-2-1-3-12(17)13(11)15(18)20/h1-2,4-7,12H,3,17H2. The first-order valence-corrected chi connectivity index (χ1v) is 6.18. The molecule has 20 heavy (non-hydrogen) atoms. The van der Waals surface area contributed by atoms with Crippen LogP contribution >= 0.6 is 0 Å². The van der Waals surface area contributed by atoms with Crippen LogP contribution in [0.3, 0.4) is 0 Å². The van der Waals surface area contributed by atoms with Gasteiger partial charge in [-0.15, -0.1) is 0 Å². The van der Waals surface area contributed by atoms with Crippen molar-refractivity contribution < 1.29 is 9.59 Å². The van der Waals surface area contributed by atoms with Crippen molar-refractivity contribution >= 4 is 17.5 Å². The van der Waals surface area contributed by atoms with E-state index in [0.29, 0.717) is 28.8 Å². The number of amides is 2. The third-order valence-electron chi connectivity index (χ3n) is 3.46. The van der Waals surface area contributed by atoms with Gasteiger partial charge in [-0.2, -0.15) is 5.26 Å². The van der Waals surface area contributed by atoms with E-state index in [4.69, 9.17) is 11.0 Å². The molecule has 0 spiro atoms. The quantitative estimate of drug-likeness (QED) is 0.768. The van der Waals surface area contributed by atoms with E-state index in [1.807, 2.05) is 6.07 Å². The zero-order valence-corrected chi connectivity index (χ0v) is 10.5. The molecule has 5 heteroatoms. The summed E-state index contributed by atoms with van der Waals surface area (Å²) in [4.78, 5) is 25.8. The van der Waals surface area contributed by atoms with Gasteiger partial charge in [-0.25, -0.2) is 4.90 Å². The van der Waals surface area contributed by atoms with Crippen LogP contribution in [0.2, 0.25) is 0 Å². The Labute approximate surface area is 115 Å². The Bertz CT molecular complexity index is 708. The molecule has 1 aromatic rings. The van der Waals surface area contributed by atoms with Gasteiger partial charge in [-0.1, -0.05) is 12.2 Å². The zero-order chi connectivity index (χ0) is 14.3. The fraction of sp³-hybridized carbons (Fsp3) is 0.133. The van der Waals surface area contributed by atoms with Gasteiger partial charge < -0.3 is 5.73 Å². The van der Waals surface area contributed by atoms with E-state index in [-0.39, 0.29) is 11.8 Å². The molecule has 2 aliphatic rings. The summed E-state index contributed by atoms with van der Waals surface area (Å²) in [6.45, 7) is 0. The van der Waals surface area contributed by atoms with E-state index >= 15 is 0 Å². The molecule has 1 atom stereocenters. The molecular weight excluding hydrogens is 254 g/mol. The number of carbonyl (C=O) groups is 2. The van der Waals surface area contributed by atoms with Gasteiger partial charge in [0.25, 0.3) is 11.8 Å². The summed E-state index contributed by atoms with van der Waals surface area (Å²) < 4.78 is 0. The van der Waals surface area contributed by atoms with Crippen molar-refractivity contribution in [3.63, 3.8) is 0 Å². The summed E-state index contributed by atoms with van der Waals surface area (Å²) in [7, 11) is 0. The van der Waals surface area contributed by atoms with Crippen molar-refractivity contribution in [1.29, 1.82) is 5.26 Å². The van der Waals surface area contributed by atoms with Crippen molar-refractivity contribution in [2.45, 2.75) is 12.5 Å². The largest absolute Gasteiger partial charge is 0.323 e. The highest BCUT2D eigenvalue weighted by atomic mass is 16.2. The van der Waals surface area contributed by atoms with Gasteiger partial charge in [-0.3, -0.25) is 9.59 Å². The lowest BCUT2D eigenvalue weighted by Crippen LogP contribution is -2.34. The van der Waals surface area contributed by atoms with Crippen LogP contribution in [0.25, 0.3) is 0 Å². The van der Waals surface area contributed by atoms with Crippen LogP contribution < -0.4 is 10.6 Å². The van der Waals surface area contributed by atoms with Crippen LogP contribution in [-0.2, 0) is 9.59 Å². The molecule has 1 aliphatic carbocycles. The minimum atomic E-state index is -0.435. The SMILES string of the molecule is N#Cc1ccc(N2C(=O)C3=C(C2=O)C(N)CC=C3)cc1. The lowest BCUT2D eigenvalue weighted by Gasteiger charge is -2.16. The van der Waals surface area contributed by atoms with Crippen molar-refractivity contribution in [2.75, 3.05) is 4.90 Å². The van der Waals surface area contributed by atoms with Gasteiger partial charge in [0.1, 0.15) is 0 Å². The van der Waals surface area contributed by atoms with E-state index in [1.54, 1.807) is 36.4 Å². The molecule has 0 saturated carbocycles. The minimum Gasteiger partial charge on any atom is -0.323 e. The average Bonchev–Trinajstić information content (AvgIpc) is 2.72. The summed E-state index contributed by atoms with van der Waals surface area (Å²) >= 11 is 0.